The van der Waals surface area contributed by atoms with Gasteiger partial charge in [-0.3, -0.25) is 0 Å². The van der Waals surface area contributed by atoms with E-state index in [2.05, 4.69) is 12.1 Å². The van der Waals surface area contributed by atoms with Crippen LogP contribution in [-0.4, -0.2) is 17.2 Å². The Labute approximate surface area is 90.7 Å². The Morgan fingerprint density at radius 3 is 2.60 bits per heavy atom. The van der Waals surface area contributed by atoms with Crippen molar-refractivity contribution in [1.82, 2.24) is 0 Å². The molecule has 80 valence electrons. The smallest absolute Gasteiger partial charge is 0.104 e. The molecule has 2 aliphatic rings. The summed E-state index contributed by atoms with van der Waals surface area (Å²) in [4.78, 5) is 0. The van der Waals surface area contributed by atoms with Crippen LogP contribution in [0.5, 0.6) is 0 Å². The molecular formula is C13H17NO. The van der Waals surface area contributed by atoms with Crippen molar-refractivity contribution < 1.29 is 4.65 Å². The minimum Gasteiger partial charge on any atom is -0.632 e. The fourth-order valence-corrected chi connectivity index (χ4v) is 3.31. The molecular weight excluding hydrogens is 186 g/mol. The van der Waals surface area contributed by atoms with Crippen LogP contribution in [0.15, 0.2) is 30.3 Å². The van der Waals surface area contributed by atoms with Gasteiger partial charge in [0.25, 0.3) is 0 Å². The maximum Gasteiger partial charge on any atom is 0.104 e. The number of hydrogen-bond donors (Lipinski definition) is 0. The van der Waals surface area contributed by atoms with Gasteiger partial charge >= 0.3 is 0 Å². The fourth-order valence-electron chi connectivity index (χ4n) is 3.31. The van der Waals surface area contributed by atoms with Crippen molar-refractivity contribution in [2.75, 3.05) is 6.54 Å². The van der Waals surface area contributed by atoms with Crippen LogP contribution in [0, 0.1) is 11.1 Å². The minimum absolute atomic E-state index is 0.0503. The van der Waals surface area contributed by atoms with E-state index in [1.165, 1.54) is 18.4 Å². The monoisotopic (exact) mass is 203 g/mol. The zero-order valence-corrected chi connectivity index (χ0v) is 8.93. The number of fused-ring (bicyclic) bond motifs is 2. The van der Waals surface area contributed by atoms with E-state index < -0.39 is 0 Å². The number of likely N-dealkylation sites (tertiary alicyclic amines) is 1. The van der Waals surface area contributed by atoms with Crippen LogP contribution in [0.3, 0.4) is 0 Å². The van der Waals surface area contributed by atoms with Gasteiger partial charge in [0.05, 0.1) is 12.6 Å². The maximum atomic E-state index is 12.6. The molecule has 0 amide bonds. The summed E-state index contributed by atoms with van der Waals surface area (Å²) in [5, 5.41) is 12.6. The molecule has 0 aromatic heterocycles. The highest BCUT2D eigenvalue weighted by molar-refractivity contribution is 5.13. The first kappa shape index (κ1) is 9.37. The van der Waals surface area contributed by atoms with E-state index >= 15 is 0 Å². The fraction of sp³-hybridized carbons (Fsp3) is 0.538. The summed E-state index contributed by atoms with van der Waals surface area (Å²) in [5.74, 6) is 0.719. The van der Waals surface area contributed by atoms with Gasteiger partial charge in [0.15, 0.2) is 0 Å². The number of piperidine rings is 1. The molecule has 0 unspecified atom stereocenters. The van der Waals surface area contributed by atoms with Crippen molar-refractivity contribution in [3.63, 3.8) is 0 Å². The molecule has 1 saturated carbocycles. The van der Waals surface area contributed by atoms with E-state index in [1.54, 1.807) is 0 Å². The minimum atomic E-state index is 0.0503. The Kier molecular flexibility index (Phi) is 2.08. The molecule has 2 nitrogen and oxygen atoms in total. The molecule has 0 radical (unpaired) electrons. The highest BCUT2D eigenvalue weighted by Crippen LogP contribution is 2.43. The average molecular weight is 203 g/mol. The first-order valence-electron chi connectivity index (χ1n) is 5.88. The maximum absolute atomic E-state index is 12.6. The van der Waals surface area contributed by atoms with Crippen LogP contribution >= 0.6 is 0 Å². The Balaban J connectivity index is 1.78. The van der Waals surface area contributed by atoms with E-state index in [4.69, 9.17) is 0 Å². The van der Waals surface area contributed by atoms with Crippen LogP contribution in [0.2, 0.25) is 0 Å². The molecule has 0 spiro atoms. The standard InChI is InChI=1S/C13H17NO/c15-14(9-11-4-2-1-3-5-11)10-12-6-7-13(14)8-12/h1-5,12-13H,6-10H2/t12-,13+,14+/m0/s1. The molecule has 3 rings (SSSR count). The van der Waals surface area contributed by atoms with Gasteiger partial charge in [-0.25, -0.2) is 0 Å². The van der Waals surface area contributed by atoms with Gasteiger partial charge < -0.3 is 9.85 Å². The van der Waals surface area contributed by atoms with Crippen molar-refractivity contribution >= 4 is 0 Å². The average Bonchev–Trinajstić information content (AvgIpc) is 2.78. The number of quaternary nitrogens is 1. The van der Waals surface area contributed by atoms with Gasteiger partial charge in [-0.1, -0.05) is 30.3 Å². The lowest BCUT2D eigenvalue weighted by molar-refractivity contribution is -0.910. The molecule has 1 saturated heterocycles. The molecule has 1 aromatic rings. The van der Waals surface area contributed by atoms with E-state index in [0.717, 1.165) is 18.9 Å². The zero-order chi connectivity index (χ0) is 10.3. The van der Waals surface area contributed by atoms with Gasteiger partial charge in [0, 0.05) is 24.3 Å². The third-order valence-electron chi connectivity index (χ3n) is 4.04. The molecule has 2 bridgehead atoms. The second-order valence-corrected chi connectivity index (χ2v) is 5.11. The van der Waals surface area contributed by atoms with Crippen molar-refractivity contribution in [2.45, 2.75) is 31.8 Å². The predicted octanol–water partition coefficient (Wildman–Crippen LogP) is 2.68. The Morgan fingerprint density at radius 1 is 1.20 bits per heavy atom. The predicted molar refractivity (Wildman–Crippen MR) is 59.8 cm³/mol. The van der Waals surface area contributed by atoms with Gasteiger partial charge in [0.1, 0.15) is 6.54 Å². The van der Waals surface area contributed by atoms with Gasteiger partial charge in [-0.15, -0.1) is 0 Å². The molecule has 2 fully saturated rings. The van der Waals surface area contributed by atoms with E-state index in [1.807, 2.05) is 18.2 Å². The highest BCUT2D eigenvalue weighted by Gasteiger charge is 2.45. The van der Waals surface area contributed by atoms with Crippen LogP contribution in [0.1, 0.15) is 24.8 Å². The van der Waals surface area contributed by atoms with Crippen LogP contribution in [0.25, 0.3) is 0 Å². The molecule has 1 aliphatic carbocycles. The van der Waals surface area contributed by atoms with Crippen LogP contribution in [0.4, 0.5) is 0 Å². The quantitative estimate of drug-likeness (QED) is 0.535. The summed E-state index contributed by atoms with van der Waals surface area (Å²) in [6.45, 7) is 1.54. The lowest BCUT2D eigenvalue weighted by Crippen LogP contribution is -2.47. The van der Waals surface area contributed by atoms with E-state index in [0.29, 0.717) is 12.6 Å². The summed E-state index contributed by atoms with van der Waals surface area (Å²) in [6.07, 6.45) is 3.62. The van der Waals surface area contributed by atoms with Crippen molar-refractivity contribution in [1.29, 1.82) is 0 Å². The van der Waals surface area contributed by atoms with Gasteiger partial charge in [-0.05, 0) is 6.42 Å². The highest BCUT2D eigenvalue weighted by atomic mass is 16.5. The number of hydroxylamine groups is 3. The third-order valence-corrected chi connectivity index (χ3v) is 4.04. The normalized spacial score (nSPS) is 38.5. The molecule has 1 aromatic carbocycles. The molecule has 15 heavy (non-hydrogen) atoms. The van der Waals surface area contributed by atoms with E-state index in [9.17, 15) is 5.21 Å². The van der Waals surface area contributed by atoms with Gasteiger partial charge in [0.2, 0.25) is 0 Å². The topological polar surface area (TPSA) is 23.1 Å². The van der Waals surface area contributed by atoms with Crippen molar-refractivity contribution in [2.24, 2.45) is 5.92 Å². The molecule has 2 heteroatoms. The largest absolute Gasteiger partial charge is 0.632 e. The number of rotatable bonds is 2. The van der Waals surface area contributed by atoms with Crippen LogP contribution in [-0.2, 0) is 6.54 Å². The van der Waals surface area contributed by atoms with Gasteiger partial charge in [-0.2, -0.15) is 0 Å². The van der Waals surface area contributed by atoms with Crippen molar-refractivity contribution in [3.05, 3.63) is 41.1 Å². The Hall–Kier alpha value is -0.860. The SMILES string of the molecule is [O-][N@+]1(Cc2ccccc2)C[C@H]2CC[C@@H]1C2. The summed E-state index contributed by atoms with van der Waals surface area (Å²) in [7, 11) is 0. The molecule has 3 atom stereocenters. The Bertz CT molecular complexity index is 351. The second kappa shape index (κ2) is 3.32. The molecule has 1 heterocycles. The second-order valence-electron chi connectivity index (χ2n) is 5.11. The van der Waals surface area contributed by atoms with Crippen LogP contribution < -0.4 is 0 Å². The number of nitrogens with zero attached hydrogens (tertiary/aromatic N) is 1. The third kappa shape index (κ3) is 1.58. The number of benzene rings is 1. The lowest BCUT2D eigenvalue weighted by Gasteiger charge is -2.46. The summed E-state index contributed by atoms with van der Waals surface area (Å²) in [6, 6.07) is 10.6. The summed E-state index contributed by atoms with van der Waals surface area (Å²) in [5.41, 5.74) is 1.19. The zero-order valence-electron chi connectivity index (χ0n) is 8.93. The molecule has 0 N–H and O–H groups in total. The van der Waals surface area contributed by atoms with Crippen molar-refractivity contribution in [3.8, 4) is 0 Å². The number of hydrogen-bond acceptors (Lipinski definition) is 1. The first-order valence-corrected chi connectivity index (χ1v) is 5.88. The molecule has 1 aliphatic heterocycles. The van der Waals surface area contributed by atoms with E-state index in [-0.39, 0.29) is 4.65 Å². The lowest BCUT2D eigenvalue weighted by atomic mass is 10.1. The summed E-state index contributed by atoms with van der Waals surface area (Å²) < 4.78 is 0.0503. The summed E-state index contributed by atoms with van der Waals surface area (Å²) >= 11 is 0. The Morgan fingerprint density at radius 2 is 2.00 bits per heavy atom. The first-order chi connectivity index (χ1) is 7.26.